The second-order valence-electron chi connectivity index (χ2n) is 5.66. The van der Waals surface area contributed by atoms with Crippen molar-refractivity contribution in [2.45, 2.75) is 51.2 Å². The molecule has 4 unspecified atom stereocenters. The minimum atomic E-state index is -1.09. The highest BCUT2D eigenvalue weighted by Crippen LogP contribution is 2.36. The lowest BCUT2D eigenvalue weighted by atomic mass is 9.90. The molecule has 3 N–H and O–H groups in total. The molecule has 0 bridgehead atoms. The number of hydrogen-bond acceptors (Lipinski definition) is 4. The van der Waals surface area contributed by atoms with Gasteiger partial charge in [0.05, 0.1) is 12.2 Å². The number of carboxylic acids is 1. The number of allylic oxidation sites excluding steroid dienone is 2. The zero-order valence-corrected chi connectivity index (χ0v) is 12.3. The topological polar surface area (TPSA) is 94.8 Å². The molecule has 0 aromatic rings. The van der Waals surface area contributed by atoms with Gasteiger partial charge in [-0.3, -0.25) is 0 Å². The second kappa shape index (κ2) is 8.74. The third-order valence-electron chi connectivity index (χ3n) is 3.80. The first kappa shape index (κ1) is 17.6. The van der Waals surface area contributed by atoms with Gasteiger partial charge in [-0.25, -0.2) is 4.79 Å². The zero-order valence-electron chi connectivity index (χ0n) is 12.3. The van der Waals surface area contributed by atoms with Gasteiger partial charge in [0.1, 0.15) is 5.78 Å². The normalized spacial score (nSPS) is 27.5. The van der Waals surface area contributed by atoms with Crippen molar-refractivity contribution in [1.29, 1.82) is 0 Å². The maximum atomic E-state index is 10.8. The van der Waals surface area contributed by atoms with E-state index >= 15 is 0 Å². The van der Waals surface area contributed by atoms with Crippen LogP contribution in [0.4, 0.5) is 0 Å². The van der Waals surface area contributed by atoms with Crippen molar-refractivity contribution >= 4 is 11.8 Å². The molecular weight excluding hydrogens is 272 g/mol. The molecule has 0 saturated heterocycles. The predicted molar refractivity (Wildman–Crippen MR) is 78.7 cm³/mol. The van der Waals surface area contributed by atoms with E-state index in [1.165, 1.54) is 6.08 Å². The van der Waals surface area contributed by atoms with E-state index in [4.69, 9.17) is 5.11 Å². The van der Waals surface area contributed by atoms with Crippen molar-refractivity contribution in [3.8, 4) is 0 Å². The second-order valence-corrected chi connectivity index (χ2v) is 5.66. The lowest BCUT2D eigenvalue weighted by molar-refractivity contribution is -0.131. The largest absolute Gasteiger partial charge is 0.478 e. The summed E-state index contributed by atoms with van der Waals surface area (Å²) in [5.41, 5.74) is 0. The van der Waals surface area contributed by atoms with Gasteiger partial charge in [-0.2, -0.15) is 0 Å². The smallest absolute Gasteiger partial charge is 0.328 e. The minimum Gasteiger partial charge on any atom is -0.478 e. The monoisotopic (exact) mass is 296 g/mol. The molecule has 4 atom stereocenters. The third-order valence-corrected chi connectivity index (χ3v) is 3.80. The van der Waals surface area contributed by atoms with Crippen LogP contribution in [0.15, 0.2) is 24.3 Å². The van der Waals surface area contributed by atoms with Crippen LogP contribution in [-0.2, 0) is 9.59 Å². The van der Waals surface area contributed by atoms with Gasteiger partial charge < -0.3 is 20.1 Å². The Morgan fingerprint density at radius 2 is 2.05 bits per heavy atom. The van der Waals surface area contributed by atoms with Crippen LogP contribution in [0.5, 0.6) is 0 Å². The molecule has 5 nitrogen and oxygen atoms in total. The number of carbonyl (C=O) groups is 2. The molecule has 0 heterocycles. The fourth-order valence-electron chi connectivity index (χ4n) is 2.75. The number of carboxylic acid groups (broad SMARTS) is 1. The number of rotatable bonds is 8. The molecule has 1 aliphatic rings. The summed E-state index contributed by atoms with van der Waals surface area (Å²) < 4.78 is 0. The molecule has 21 heavy (non-hydrogen) atoms. The first-order chi connectivity index (χ1) is 9.90. The van der Waals surface area contributed by atoms with Gasteiger partial charge in [0.2, 0.25) is 0 Å². The van der Waals surface area contributed by atoms with E-state index in [-0.39, 0.29) is 17.6 Å². The van der Waals surface area contributed by atoms with Gasteiger partial charge in [0, 0.05) is 12.5 Å². The fourth-order valence-corrected chi connectivity index (χ4v) is 2.75. The zero-order chi connectivity index (χ0) is 15.8. The summed E-state index contributed by atoms with van der Waals surface area (Å²) in [6, 6.07) is 0. The van der Waals surface area contributed by atoms with Gasteiger partial charge in [0.15, 0.2) is 0 Å². The van der Waals surface area contributed by atoms with Crippen LogP contribution in [-0.4, -0.2) is 39.3 Å². The van der Waals surface area contributed by atoms with E-state index in [0.29, 0.717) is 19.3 Å². The molecule has 1 rings (SSSR count). The molecule has 0 radical (unpaired) electrons. The van der Waals surface area contributed by atoms with Crippen molar-refractivity contribution in [3.05, 3.63) is 24.3 Å². The van der Waals surface area contributed by atoms with Crippen LogP contribution in [0, 0.1) is 11.8 Å². The van der Waals surface area contributed by atoms with Crippen molar-refractivity contribution in [2.75, 3.05) is 0 Å². The fraction of sp³-hybridized carbons (Fsp3) is 0.625. The summed E-state index contributed by atoms with van der Waals surface area (Å²) in [7, 11) is 0. The summed E-state index contributed by atoms with van der Waals surface area (Å²) in [6.07, 6.45) is 8.01. The van der Waals surface area contributed by atoms with Crippen LogP contribution in [0.25, 0.3) is 0 Å². The Bertz CT molecular complexity index is 413. The molecular formula is C16H24O5. The number of unbranched alkanes of at least 4 members (excludes halogenated alkanes) is 1. The first-order valence-electron chi connectivity index (χ1n) is 7.33. The number of aliphatic carboxylic acids is 1. The van der Waals surface area contributed by atoms with Gasteiger partial charge in [-0.1, -0.05) is 12.2 Å². The quantitative estimate of drug-likeness (QED) is 0.360. The summed E-state index contributed by atoms with van der Waals surface area (Å²) in [5, 5.41) is 28.3. The highest BCUT2D eigenvalue weighted by Gasteiger charge is 2.35. The average Bonchev–Trinajstić information content (AvgIpc) is 2.76. The van der Waals surface area contributed by atoms with E-state index < -0.39 is 18.2 Å². The number of aliphatic hydroxyl groups is 2. The van der Waals surface area contributed by atoms with Crippen LogP contribution in [0.3, 0.4) is 0 Å². The maximum Gasteiger partial charge on any atom is 0.328 e. The highest BCUT2D eigenvalue weighted by atomic mass is 16.4. The first-order valence-corrected chi connectivity index (χ1v) is 7.33. The number of Topliss-reactive ketones (excluding diaryl/α,β-unsaturated/α-hetero) is 1. The van der Waals surface area contributed by atoms with Gasteiger partial charge >= 0.3 is 5.97 Å². The Morgan fingerprint density at radius 3 is 2.67 bits per heavy atom. The van der Waals surface area contributed by atoms with Crippen molar-refractivity contribution < 1.29 is 24.9 Å². The number of ketones is 1. The summed E-state index contributed by atoms with van der Waals surface area (Å²) in [5.74, 6) is -1.05. The van der Waals surface area contributed by atoms with Crippen LogP contribution >= 0.6 is 0 Å². The predicted octanol–water partition coefficient (Wildman–Crippen LogP) is 1.69. The lowest BCUT2D eigenvalue weighted by Crippen LogP contribution is -2.21. The van der Waals surface area contributed by atoms with E-state index in [1.807, 2.05) is 12.2 Å². The molecule has 118 valence electrons. The van der Waals surface area contributed by atoms with Gasteiger partial charge in [0.25, 0.3) is 0 Å². The van der Waals surface area contributed by atoms with E-state index in [0.717, 1.165) is 18.9 Å². The Morgan fingerprint density at radius 1 is 1.33 bits per heavy atom. The summed E-state index contributed by atoms with van der Waals surface area (Å²) in [4.78, 5) is 21.3. The van der Waals surface area contributed by atoms with Crippen LogP contribution in [0.2, 0.25) is 0 Å². The Hall–Kier alpha value is -1.46. The molecule has 0 aromatic heterocycles. The molecule has 5 heteroatoms. The third kappa shape index (κ3) is 6.69. The van der Waals surface area contributed by atoms with Crippen molar-refractivity contribution in [1.82, 2.24) is 0 Å². The van der Waals surface area contributed by atoms with Gasteiger partial charge in [-0.05, 0) is 50.5 Å². The minimum absolute atomic E-state index is 0.0331. The summed E-state index contributed by atoms with van der Waals surface area (Å²) >= 11 is 0. The maximum absolute atomic E-state index is 10.8. The number of hydrogen-bond donors (Lipinski definition) is 3. The molecule has 0 aromatic carbocycles. The van der Waals surface area contributed by atoms with E-state index in [2.05, 4.69) is 0 Å². The Kier molecular flexibility index (Phi) is 7.32. The molecule has 1 fully saturated rings. The average molecular weight is 296 g/mol. The molecule has 1 aliphatic carbocycles. The van der Waals surface area contributed by atoms with E-state index in [1.54, 1.807) is 6.92 Å². The standard InChI is InChI=1S/C16H24O5/c1-11(17)5-3-2-4-6-12-9-13(18)10-14(12)15(19)7-8-16(20)21/h4,6-8,12-15,18-19H,2-3,5,9-10H2,1H3,(H,20,21). The number of carbonyl (C=O) groups excluding carboxylic acids is 1. The molecule has 1 saturated carbocycles. The Balaban J connectivity index is 2.52. The SMILES string of the molecule is CC(=O)CCCC=CC1CC(O)CC1C(O)C=CC(=O)O. The molecule has 0 aliphatic heterocycles. The Labute approximate surface area is 125 Å². The van der Waals surface area contributed by atoms with Crippen LogP contribution in [0.1, 0.15) is 39.0 Å². The van der Waals surface area contributed by atoms with E-state index in [9.17, 15) is 19.8 Å². The molecule has 0 spiro atoms. The lowest BCUT2D eigenvalue weighted by Gasteiger charge is -2.19. The van der Waals surface area contributed by atoms with Gasteiger partial charge in [-0.15, -0.1) is 0 Å². The number of aliphatic hydroxyl groups excluding tert-OH is 2. The van der Waals surface area contributed by atoms with Crippen LogP contribution < -0.4 is 0 Å². The summed E-state index contributed by atoms with van der Waals surface area (Å²) in [6.45, 7) is 1.57. The van der Waals surface area contributed by atoms with Crippen molar-refractivity contribution in [2.24, 2.45) is 11.8 Å². The van der Waals surface area contributed by atoms with Crippen molar-refractivity contribution in [3.63, 3.8) is 0 Å². The highest BCUT2D eigenvalue weighted by molar-refractivity contribution is 5.79. The molecule has 0 amide bonds.